The second kappa shape index (κ2) is 4.40. The number of aliphatic hydroxyl groups is 1. The van der Waals surface area contributed by atoms with Gasteiger partial charge in [0.2, 0.25) is 0 Å². The summed E-state index contributed by atoms with van der Waals surface area (Å²) in [6.07, 6.45) is 4.39. The van der Waals surface area contributed by atoms with Gasteiger partial charge >= 0.3 is 0 Å². The lowest BCUT2D eigenvalue weighted by Crippen LogP contribution is -2.51. The normalized spacial score (nSPS) is 37.0. The third-order valence-corrected chi connectivity index (χ3v) is 4.15. The molecular formula is C12H24N2O. The molecule has 3 nitrogen and oxygen atoms in total. The van der Waals surface area contributed by atoms with Crippen molar-refractivity contribution >= 4 is 0 Å². The average molecular weight is 212 g/mol. The van der Waals surface area contributed by atoms with Gasteiger partial charge in [0.1, 0.15) is 0 Å². The van der Waals surface area contributed by atoms with Crippen LogP contribution < -0.4 is 5.32 Å². The Morgan fingerprint density at radius 3 is 2.27 bits per heavy atom. The second-order valence-corrected chi connectivity index (χ2v) is 5.42. The molecule has 0 aromatic rings. The number of β-amino-alcohol motifs (C(OH)–C–C–N with tert-alkyl or cyclic N) is 1. The molecule has 2 unspecified atom stereocenters. The Labute approximate surface area is 92.8 Å². The third-order valence-electron chi connectivity index (χ3n) is 4.15. The van der Waals surface area contributed by atoms with Crippen molar-refractivity contribution in [1.82, 2.24) is 10.2 Å². The Hall–Kier alpha value is -0.120. The van der Waals surface area contributed by atoms with Gasteiger partial charge in [0.25, 0.3) is 0 Å². The second-order valence-electron chi connectivity index (χ2n) is 5.42. The monoisotopic (exact) mass is 212 g/mol. The van der Waals surface area contributed by atoms with Crippen molar-refractivity contribution in [3.63, 3.8) is 0 Å². The van der Waals surface area contributed by atoms with Crippen LogP contribution in [0, 0.1) is 0 Å². The first-order valence-corrected chi connectivity index (χ1v) is 6.30. The lowest BCUT2D eigenvalue weighted by molar-refractivity contribution is -0.0299. The Morgan fingerprint density at radius 1 is 1.20 bits per heavy atom. The highest BCUT2D eigenvalue weighted by Gasteiger charge is 2.36. The topological polar surface area (TPSA) is 35.5 Å². The van der Waals surface area contributed by atoms with Crippen molar-refractivity contribution in [3.8, 4) is 0 Å². The number of likely N-dealkylation sites (tertiary alicyclic amines) is 1. The van der Waals surface area contributed by atoms with E-state index in [-0.39, 0.29) is 0 Å². The zero-order valence-electron chi connectivity index (χ0n) is 10.00. The fourth-order valence-corrected chi connectivity index (χ4v) is 2.95. The fraction of sp³-hybridized carbons (Fsp3) is 1.00. The highest BCUT2D eigenvalue weighted by molar-refractivity contribution is 4.92. The van der Waals surface area contributed by atoms with Crippen molar-refractivity contribution < 1.29 is 5.11 Å². The summed E-state index contributed by atoms with van der Waals surface area (Å²) in [4.78, 5) is 2.49. The van der Waals surface area contributed by atoms with E-state index in [9.17, 15) is 5.11 Å². The van der Waals surface area contributed by atoms with E-state index in [4.69, 9.17) is 0 Å². The summed E-state index contributed by atoms with van der Waals surface area (Å²) in [7, 11) is 0. The largest absolute Gasteiger partial charge is 0.388 e. The van der Waals surface area contributed by atoms with E-state index in [2.05, 4.69) is 24.1 Å². The molecular weight excluding hydrogens is 188 g/mol. The van der Waals surface area contributed by atoms with Crippen molar-refractivity contribution in [2.45, 2.75) is 57.2 Å². The number of nitrogens with one attached hydrogen (secondary N) is 1. The maximum Gasteiger partial charge on any atom is 0.0798 e. The first kappa shape index (κ1) is 11.4. The molecule has 2 N–H and O–H groups in total. The molecule has 0 aromatic heterocycles. The zero-order valence-corrected chi connectivity index (χ0v) is 10.00. The quantitative estimate of drug-likeness (QED) is 0.716. The molecule has 15 heavy (non-hydrogen) atoms. The third kappa shape index (κ3) is 2.52. The lowest BCUT2D eigenvalue weighted by Gasteiger charge is -2.39. The lowest BCUT2D eigenvalue weighted by atomic mass is 9.91. The molecule has 2 saturated heterocycles. The number of rotatable bonds is 2. The van der Waals surface area contributed by atoms with E-state index in [0.29, 0.717) is 12.1 Å². The standard InChI is InChI=1S/C12H24N2O/c1-10-3-4-11(2)14(10)9-12(15)5-7-13-8-6-12/h10-11,13,15H,3-9H2,1-2H3. The van der Waals surface area contributed by atoms with E-state index in [1.807, 2.05) is 0 Å². The predicted molar refractivity (Wildman–Crippen MR) is 61.9 cm³/mol. The van der Waals surface area contributed by atoms with Crippen LogP contribution in [0.1, 0.15) is 39.5 Å². The summed E-state index contributed by atoms with van der Waals surface area (Å²) in [6, 6.07) is 1.30. The predicted octanol–water partition coefficient (Wildman–Crippen LogP) is 0.974. The number of piperidine rings is 1. The van der Waals surface area contributed by atoms with Crippen LogP contribution >= 0.6 is 0 Å². The molecule has 2 fully saturated rings. The molecule has 0 radical (unpaired) electrons. The average Bonchev–Trinajstić information content (AvgIpc) is 2.50. The first-order valence-electron chi connectivity index (χ1n) is 6.30. The van der Waals surface area contributed by atoms with Gasteiger partial charge in [-0.3, -0.25) is 4.90 Å². The smallest absolute Gasteiger partial charge is 0.0798 e. The molecule has 0 saturated carbocycles. The van der Waals surface area contributed by atoms with E-state index >= 15 is 0 Å². The minimum atomic E-state index is -0.432. The zero-order chi connectivity index (χ0) is 10.9. The minimum Gasteiger partial charge on any atom is -0.388 e. The fourth-order valence-electron chi connectivity index (χ4n) is 2.95. The Morgan fingerprint density at radius 2 is 1.73 bits per heavy atom. The van der Waals surface area contributed by atoms with Crippen molar-refractivity contribution in [2.75, 3.05) is 19.6 Å². The van der Waals surface area contributed by atoms with E-state index in [0.717, 1.165) is 32.5 Å². The van der Waals surface area contributed by atoms with Crippen LogP contribution in [0.25, 0.3) is 0 Å². The molecule has 2 aliphatic rings. The van der Waals surface area contributed by atoms with Gasteiger partial charge in [-0.1, -0.05) is 0 Å². The van der Waals surface area contributed by atoms with E-state index in [1.165, 1.54) is 12.8 Å². The molecule has 2 atom stereocenters. The summed E-state index contributed by atoms with van der Waals surface area (Å²) >= 11 is 0. The molecule has 0 amide bonds. The van der Waals surface area contributed by atoms with Crippen molar-refractivity contribution in [2.24, 2.45) is 0 Å². The molecule has 2 aliphatic heterocycles. The minimum absolute atomic E-state index is 0.432. The van der Waals surface area contributed by atoms with Gasteiger partial charge < -0.3 is 10.4 Å². The maximum atomic E-state index is 10.5. The van der Waals surface area contributed by atoms with Crippen LogP contribution in [0.4, 0.5) is 0 Å². The summed E-state index contributed by atoms with van der Waals surface area (Å²) in [5, 5.41) is 13.8. The number of hydrogen-bond donors (Lipinski definition) is 2. The molecule has 3 heteroatoms. The Balaban J connectivity index is 1.94. The van der Waals surface area contributed by atoms with Crippen LogP contribution in [-0.4, -0.2) is 47.3 Å². The van der Waals surface area contributed by atoms with Crippen LogP contribution in [0.15, 0.2) is 0 Å². The van der Waals surface area contributed by atoms with Gasteiger partial charge in [0.15, 0.2) is 0 Å². The molecule has 0 aliphatic carbocycles. The van der Waals surface area contributed by atoms with Crippen LogP contribution in [0.3, 0.4) is 0 Å². The van der Waals surface area contributed by atoms with Crippen LogP contribution in [0.5, 0.6) is 0 Å². The number of hydrogen-bond acceptors (Lipinski definition) is 3. The SMILES string of the molecule is CC1CCC(C)N1CC1(O)CCNCC1. The highest BCUT2D eigenvalue weighted by atomic mass is 16.3. The number of nitrogens with zero attached hydrogens (tertiary/aromatic N) is 1. The van der Waals surface area contributed by atoms with Gasteiger partial charge in [0.05, 0.1) is 5.60 Å². The summed E-state index contributed by atoms with van der Waals surface area (Å²) in [5.74, 6) is 0. The maximum absolute atomic E-state index is 10.5. The van der Waals surface area contributed by atoms with E-state index in [1.54, 1.807) is 0 Å². The van der Waals surface area contributed by atoms with Crippen molar-refractivity contribution in [1.29, 1.82) is 0 Å². The van der Waals surface area contributed by atoms with Crippen LogP contribution in [0.2, 0.25) is 0 Å². The van der Waals surface area contributed by atoms with Crippen molar-refractivity contribution in [3.05, 3.63) is 0 Å². The Bertz CT molecular complexity index is 204. The summed E-state index contributed by atoms with van der Waals surface area (Å²) < 4.78 is 0. The molecule has 2 rings (SSSR count). The molecule has 88 valence electrons. The van der Waals surface area contributed by atoms with Crippen LogP contribution in [-0.2, 0) is 0 Å². The molecule has 0 bridgehead atoms. The van der Waals surface area contributed by atoms with Gasteiger partial charge in [-0.15, -0.1) is 0 Å². The molecule has 0 aromatic carbocycles. The van der Waals surface area contributed by atoms with Gasteiger partial charge in [-0.2, -0.15) is 0 Å². The molecule has 2 heterocycles. The van der Waals surface area contributed by atoms with Gasteiger partial charge in [-0.25, -0.2) is 0 Å². The summed E-state index contributed by atoms with van der Waals surface area (Å²) in [5.41, 5.74) is -0.432. The molecule has 0 spiro atoms. The van der Waals surface area contributed by atoms with E-state index < -0.39 is 5.60 Å². The highest BCUT2D eigenvalue weighted by Crippen LogP contribution is 2.28. The summed E-state index contributed by atoms with van der Waals surface area (Å²) in [6.45, 7) is 7.37. The van der Waals surface area contributed by atoms with Gasteiger partial charge in [-0.05, 0) is 52.6 Å². The first-order chi connectivity index (χ1) is 7.11. The Kier molecular flexibility index (Phi) is 3.33. The van der Waals surface area contributed by atoms with Gasteiger partial charge in [0, 0.05) is 18.6 Å².